The molecular weight excluding hydrogens is 367 g/mol. The average Bonchev–Trinajstić information content (AvgIpc) is 2.53. The van der Waals surface area contributed by atoms with Gasteiger partial charge in [-0.3, -0.25) is 9.78 Å². The van der Waals surface area contributed by atoms with E-state index < -0.39 is 5.91 Å². The van der Waals surface area contributed by atoms with Crippen LogP contribution in [0.1, 0.15) is 21.6 Å². The Kier molecular flexibility index (Phi) is 4.68. The zero-order valence-electron chi connectivity index (χ0n) is 13.0. The fourth-order valence-corrected chi connectivity index (χ4v) is 3.31. The Hall–Kier alpha value is -1.81. The van der Waals surface area contributed by atoms with E-state index in [1.165, 1.54) is 0 Å². The minimum atomic E-state index is -0.394. The van der Waals surface area contributed by atoms with Crippen molar-refractivity contribution in [3.63, 3.8) is 0 Å². The van der Waals surface area contributed by atoms with Crippen LogP contribution in [0.5, 0.6) is 0 Å². The van der Waals surface area contributed by atoms with Crippen molar-refractivity contribution in [3.05, 3.63) is 68.3 Å². The summed E-state index contributed by atoms with van der Waals surface area (Å²) in [5.41, 5.74) is 3.14. The molecule has 0 aliphatic carbocycles. The molecule has 0 saturated carbocycles. The van der Waals surface area contributed by atoms with E-state index in [4.69, 9.17) is 34.8 Å². The van der Waals surface area contributed by atoms with E-state index in [-0.39, 0.29) is 5.56 Å². The van der Waals surface area contributed by atoms with E-state index in [0.29, 0.717) is 26.3 Å². The Morgan fingerprint density at radius 1 is 1.00 bits per heavy atom. The van der Waals surface area contributed by atoms with Crippen LogP contribution in [0.25, 0.3) is 10.9 Å². The number of rotatable bonds is 2. The second kappa shape index (κ2) is 6.60. The number of anilines is 1. The van der Waals surface area contributed by atoms with Crippen molar-refractivity contribution >= 4 is 57.3 Å². The smallest absolute Gasteiger partial charge is 0.258 e. The van der Waals surface area contributed by atoms with Crippen LogP contribution >= 0.6 is 34.8 Å². The van der Waals surface area contributed by atoms with E-state index >= 15 is 0 Å². The van der Waals surface area contributed by atoms with E-state index in [0.717, 1.165) is 16.6 Å². The van der Waals surface area contributed by atoms with E-state index in [9.17, 15) is 4.79 Å². The van der Waals surface area contributed by atoms with Gasteiger partial charge in [-0.15, -0.1) is 0 Å². The van der Waals surface area contributed by atoms with Gasteiger partial charge in [0, 0.05) is 11.1 Å². The summed E-state index contributed by atoms with van der Waals surface area (Å²) in [7, 11) is 0. The van der Waals surface area contributed by atoms with Crippen LogP contribution in [-0.2, 0) is 0 Å². The van der Waals surface area contributed by atoms with Gasteiger partial charge in [0.1, 0.15) is 0 Å². The summed E-state index contributed by atoms with van der Waals surface area (Å²) in [5.74, 6) is -0.394. The molecule has 1 heterocycles. The molecule has 2 aromatic carbocycles. The fourth-order valence-electron chi connectivity index (χ4n) is 2.45. The highest BCUT2D eigenvalue weighted by atomic mass is 35.5. The van der Waals surface area contributed by atoms with Crippen molar-refractivity contribution in [2.75, 3.05) is 5.32 Å². The molecule has 0 fully saturated rings. The Morgan fingerprint density at radius 3 is 2.29 bits per heavy atom. The topological polar surface area (TPSA) is 42.0 Å². The maximum Gasteiger partial charge on any atom is 0.258 e. The molecule has 0 unspecified atom stereocenters. The molecule has 0 radical (unpaired) electrons. The Balaban J connectivity index is 2.10. The summed E-state index contributed by atoms with van der Waals surface area (Å²) in [6.45, 7) is 3.79. The first-order chi connectivity index (χ1) is 11.4. The SMILES string of the molecule is Cc1nc2c(NC(=O)c3c(Cl)cccc3Cl)cccc2c(Cl)c1C. The molecule has 0 atom stereocenters. The van der Waals surface area contributed by atoms with Crippen LogP contribution in [0.2, 0.25) is 15.1 Å². The predicted molar refractivity (Wildman–Crippen MR) is 101 cm³/mol. The second-order valence-electron chi connectivity index (χ2n) is 5.39. The minimum Gasteiger partial charge on any atom is -0.320 e. The van der Waals surface area contributed by atoms with Gasteiger partial charge in [0.05, 0.1) is 31.8 Å². The fraction of sp³-hybridized carbons (Fsp3) is 0.111. The van der Waals surface area contributed by atoms with Crippen LogP contribution < -0.4 is 5.32 Å². The number of hydrogen-bond acceptors (Lipinski definition) is 2. The Bertz CT molecular complexity index is 950. The first kappa shape index (κ1) is 17.0. The number of nitrogens with zero attached hydrogens (tertiary/aromatic N) is 1. The van der Waals surface area contributed by atoms with Crippen molar-refractivity contribution < 1.29 is 4.79 Å². The van der Waals surface area contributed by atoms with Crippen molar-refractivity contribution in [2.45, 2.75) is 13.8 Å². The zero-order chi connectivity index (χ0) is 17.4. The number of aromatic nitrogens is 1. The minimum absolute atomic E-state index is 0.229. The lowest BCUT2D eigenvalue weighted by molar-refractivity contribution is 0.102. The van der Waals surface area contributed by atoms with Gasteiger partial charge in [-0.1, -0.05) is 53.0 Å². The summed E-state index contributed by atoms with van der Waals surface area (Å²) in [6.07, 6.45) is 0. The number of amides is 1. The standard InChI is InChI=1S/C18H13Cl3N2O/c1-9-10(2)22-17-11(16(9)21)5-3-8-14(17)23-18(24)15-12(19)6-4-7-13(15)20/h3-8H,1-2H3,(H,23,24). The molecule has 1 aromatic heterocycles. The summed E-state index contributed by atoms with van der Waals surface area (Å²) in [5, 5.41) is 4.82. The molecular formula is C18H13Cl3N2O. The zero-order valence-corrected chi connectivity index (χ0v) is 15.2. The number of hydrogen-bond donors (Lipinski definition) is 1. The van der Waals surface area contributed by atoms with Crippen LogP contribution in [0.3, 0.4) is 0 Å². The molecule has 0 bridgehead atoms. The number of carbonyl (C=O) groups is 1. The van der Waals surface area contributed by atoms with Gasteiger partial charge in [0.2, 0.25) is 0 Å². The first-order valence-corrected chi connectivity index (χ1v) is 8.34. The number of pyridine rings is 1. The van der Waals surface area contributed by atoms with Crippen molar-refractivity contribution in [2.24, 2.45) is 0 Å². The van der Waals surface area contributed by atoms with Crippen LogP contribution in [0.15, 0.2) is 36.4 Å². The normalized spacial score (nSPS) is 10.9. The molecule has 1 amide bonds. The number of para-hydroxylation sites is 1. The van der Waals surface area contributed by atoms with Crippen LogP contribution in [0, 0.1) is 13.8 Å². The van der Waals surface area contributed by atoms with Gasteiger partial charge >= 0.3 is 0 Å². The quantitative estimate of drug-likeness (QED) is 0.587. The number of carbonyl (C=O) groups excluding carboxylic acids is 1. The lowest BCUT2D eigenvalue weighted by Gasteiger charge is -2.13. The van der Waals surface area contributed by atoms with Crippen molar-refractivity contribution in [3.8, 4) is 0 Å². The lowest BCUT2D eigenvalue weighted by Crippen LogP contribution is -2.14. The molecule has 1 N–H and O–H groups in total. The molecule has 24 heavy (non-hydrogen) atoms. The Labute approximate surface area is 154 Å². The second-order valence-corrected chi connectivity index (χ2v) is 6.58. The van der Waals surface area contributed by atoms with Gasteiger partial charge in [-0.25, -0.2) is 0 Å². The molecule has 0 saturated heterocycles. The van der Waals surface area contributed by atoms with Crippen LogP contribution in [-0.4, -0.2) is 10.9 Å². The third kappa shape index (κ3) is 2.95. The molecule has 0 aliphatic heterocycles. The van der Waals surface area contributed by atoms with Gasteiger partial charge in [0.25, 0.3) is 5.91 Å². The third-order valence-electron chi connectivity index (χ3n) is 3.86. The van der Waals surface area contributed by atoms with E-state index in [1.807, 2.05) is 26.0 Å². The number of aryl methyl sites for hydroxylation is 1. The molecule has 3 nitrogen and oxygen atoms in total. The monoisotopic (exact) mass is 378 g/mol. The van der Waals surface area contributed by atoms with Crippen LogP contribution in [0.4, 0.5) is 5.69 Å². The predicted octanol–water partition coefficient (Wildman–Crippen LogP) is 6.06. The molecule has 3 aromatic rings. The molecule has 122 valence electrons. The van der Waals surface area contributed by atoms with Gasteiger partial charge in [0.15, 0.2) is 0 Å². The molecule has 0 aliphatic rings. The van der Waals surface area contributed by atoms with Crippen molar-refractivity contribution in [1.82, 2.24) is 4.98 Å². The van der Waals surface area contributed by atoms with E-state index in [2.05, 4.69) is 10.3 Å². The summed E-state index contributed by atoms with van der Waals surface area (Å²) < 4.78 is 0. The maximum absolute atomic E-state index is 12.6. The van der Waals surface area contributed by atoms with Crippen molar-refractivity contribution in [1.29, 1.82) is 0 Å². The molecule has 3 rings (SSSR count). The van der Waals surface area contributed by atoms with E-state index in [1.54, 1.807) is 24.3 Å². The lowest BCUT2D eigenvalue weighted by atomic mass is 10.1. The highest BCUT2D eigenvalue weighted by molar-refractivity contribution is 6.40. The van der Waals surface area contributed by atoms with Gasteiger partial charge in [-0.2, -0.15) is 0 Å². The highest BCUT2D eigenvalue weighted by Crippen LogP contribution is 2.32. The van der Waals surface area contributed by atoms with Gasteiger partial charge < -0.3 is 5.32 Å². The number of halogens is 3. The summed E-state index contributed by atoms with van der Waals surface area (Å²) in [6, 6.07) is 10.4. The highest BCUT2D eigenvalue weighted by Gasteiger charge is 2.17. The summed E-state index contributed by atoms with van der Waals surface area (Å²) >= 11 is 18.6. The van der Waals surface area contributed by atoms with Gasteiger partial charge in [-0.05, 0) is 37.6 Å². The Morgan fingerprint density at radius 2 is 1.62 bits per heavy atom. The first-order valence-electron chi connectivity index (χ1n) is 7.21. The molecule has 6 heteroatoms. The largest absolute Gasteiger partial charge is 0.320 e. The molecule has 0 spiro atoms. The third-order valence-corrected chi connectivity index (χ3v) is 4.98. The summed E-state index contributed by atoms with van der Waals surface area (Å²) in [4.78, 5) is 17.2. The average molecular weight is 380 g/mol. The maximum atomic E-state index is 12.6. The number of nitrogens with one attached hydrogen (secondary N) is 1. The number of fused-ring (bicyclic) bond motifs is 1. The number of benzene rings is 2.